The average Bonchev–Trinajstić information content (AvgIpc) is 3.48. The van der Waals surface area contributed by atoms with Crippen LogP contribution in [0.1, 0.15) is 73.6 Å². The number of aliphatic hydroxyl groups excluding tert-OH is 2. The van der Waals surface area contributed by atoms with E-state index in [0.717, 1.165) is 19.8 Å². The van der Waals surface area contributed by atoms with Crippen molar-refractivity contribution in [1.29, 1.82) is 0 Å². The Labute approximate surface area is 245 Å². The molecule has 0 aromatic carbocycles. The van der Waals surface area contributed by atoms with Crippen molar-refractivity contribution in [3.8, 4) is 0 Å². The zero-order valence-electron chi connectivity index (χ0n) is 25.0. The summed E-state index contributed by atoms with van der Waals surface area (Å²) in [5, 5.41) is 33.4. The van der Waals surface area contributed by atoms with Crippen molar-refractivity contribution >= 4 is 23.9 Å². The van der Waals surface area contributed by atoms with E-state index in [1.165, 1.54) is 32.9 Å². The number of ether oxygens (including phenoxy) is 5. The largest absolute Gasteiger partial charge is 0.461 e. The lowest BCUT2D eigenvalue weighted by Crippen LogP contribution is -2.67. The van der Waals surface area contributed by atoms with Gasteiger partial charge in [-0.1, -0.05) is 38.8 Å². The van der Waals surface area contributed by atoms with Gasteiger partial charge in [-0.05, 0) is 31.9 Å². The summed E-state index contributed by atoms with van der Waals surface area (Å²) in [5.41, 5.74) is -6.53. The summed E-state index contributed by atoms with van der Waals surface area (Å²) in [6, 6.07) is 0. The minimum Gasteiger partial charge on any atom is -0.461 e. The van der Waals surface area contributed by atoms with E-state index in [2.05, 4.69) is 0 Å². The highest BCUT2D eigenvalue weighted by molar-refractivity contribution is 5.89. The smallest absolute Gasteiger partial charge is 0.342 e. The van der Waals surface area contributed by atoms with E-state index < -0.39 is 89.1 Å². The summed E-state index contributed by atoms with van der Waals surface area (Å²) in [6.45, 7) is 8.25. The lowest BCUT2D eigenvalue weighted by Gasteiger charge is -2.54. The first-order valence-corrected chi connectivity index (χ1v) is 14.4. The van der Waals surface area contributed by atoms with Crippen LogP contribution in [0.2, 0.25) is 0 Å². The third-order valence-electron chi connectivity index (χ3n) is 9.33. The van der Waals surface area contributed by atoms with Crippen LogP contribution in [0.5, 0.6) is 0 Å². The number of aliphatic hydroxyl groups is 3. The van der Waals surface area contributed by atoms with Crippen LogP contribution in [-0.2, 0) is 42.9 Å². The first-order chi connectivity index (χ1) is 19.6. The molecule has 0 bridgehead atoms. The molecule has 1 unspecified atom stereocenters. The van der Waals surface area contributed by atoms with Gasteiger partial charge in [0.1, 0.15) is 24.4 Å². The van der Waals surface area contributed by atoms with Crippen molar-refractivity contribution in [3.63, 3.8) is 0 Å². The Morgan fingerprint density at radius 3 is 2.31 bits per heavy atom. The Morgan fingerprint density at radius 1 is 1.07 bits per heavy atom. The van der Waals surface area contributed by atoms with E-state index in [1.54, 1.807) is 13.0 Å². The molecule has 12 nitrogen and oxygen atoms in total. The van der Waals surface area contributed by atoms with Gasteiger partial charge in [-0.2, -0.15) is 0 Å². The highest BCUT2D eigenvalue weighted by Crippen LogP contribution is 2.65. The molecule has 3 N–H and O–H groups in total. The summed E-state index contributed by atoms with van der Waals surface area (Å²) in [7, 11) is 0. The van der Waals surface area contributed by atoms with Gasteiger partial charge in [0.25, 0.3) is 0 Å². The first-order valence-electron chi connectivity index (χ1n) is 14.4. The third-order valence-corrected chi connectivity index (χ3v) is 9.33. The molecule has 0 saturated carbocycles. The predicted molar refractivity (Wildman–Crippen MR) is 144 cm³/mol. The molecular formula is C30H42O12. The molecule has 1 spiro atoms. The molecule has 0 aromatic heterocycles. The molecule has 2 heterocycles. The van der Waals surface area contributed by atoms with Gasteiger partial charge in [-0.25, -0.2) is 4.79 Å². The standard InChI is InChI=1S/C30H42O12/c1-7-8-9-10-23(35)40-19-14-21(38-16(2)32)27(4)12-11-20(34)28(5,37)24(27)25(39-17(3)33)30-22(13-18(19)15-31)41-26(36)29(30,6)42-30/h11-13,19-22,24-25,31,34,37H,7-10,14-15H2,1-6H3/b18-13-/t19-,20-,21+,22+,24-,25-,27-,28-,29?,30+/m1/s1. The summed E-state index contributed by atoms with van der Waals surface area (Å²) in [5.74, 6) is -3.94. The summed E-state index contributed by atoms with van der Waals surface area (Å²) in [6.07, 6.45) is 0.274. The second-order valence-corrected chi connectivity index (χ2v) is 12.3. The van der Waals surface area contributed by atoms with Gasteiger partial charge >= 0.3 is 23.9 Å². The molecule has 10 atom stereocenters. The van der Waals surface area contributed by atoms with Gasteiger partial charge in [0.2, 0.25) is 0 Å². The van der Waals surface area contributed by atoms with Crippen molar-refractivity contribution in [3.05, 3.63) is 23.8 Å². The van der Waals surface area contributed by atoms with E-state index in [4.69, 9.17) is 23.7 Å². The van der Waals surface area contributed by atoms with E-state index >= 15 is 0 Å². The molecule has 2 aliphatic carbocycles. The number of esters is 4. The average molecular weight is 595 g/mol. The number of rotatable bonds is 8. The van der Waals surface area contributed by atoms with Gasteiger partial charge in [-0.3, -0.25) is 14.4 Å². The molecular weight excluding hydrogens is 552 g/mol. The van der Waals surface area contributed by atoms with E-state index in [0.29, 0.717) is 6.42 Å². The Kier molecular flexibility index (Phi) is 8.69. The normalized spacial score (nSPS) is 43.5. The second-order valence-electron chi connectivity index (χ2n) is 12.3. The number of epoxide rings is 1. The van der Waals surface area contributed by atoms with Crippen LogP contribution in [0.3, 0.4) is 0 Å². The number of hydrogen-bond acceptors (Lipinski definition) is 12. The lowest BCUT2D eigenvalue weighted by atomic mass is 9.55. The van der Waals surface area contributed by atoms with Crippen LogP contribution >= 0.6 is 0 Å². The third kappa shape index (κ3) is 5.16. The number of fused-ring (bicyclic) bond motifs is 1. The monoisotopic (exact) mass is 594 g/mol. The van der Waals surface area contributed by atoms with Crippen LogP contribution in [0.4, 0.5) is 0 Å². The zero-order valence-corrected chi connectivity index (χ0v) is 25.0. The molecule has 0 amide bonds. The summed E-state index contributed by atoms with van der Waals surface area (Å²) < 4.78 is 29.3. The predicted octanol–water partition coefficient (Wildman–Crippen LogP) is 1.42. The van der Waals surface area contributed by atoms with Crippen molar-refractivity contribution < 1.29 is 58.2 Å². The maximum atomic E-state index is 13.1. The van der Waals surface area contributed by atoms with Crippen molar-refractivity contribution in [2.45, 2.75) is 121 Å². The highest BCUT2D eigenvalue weighted by Gasteiger charge is 2.87. The molecule has 0 radical (unpaired) electrons. The van der Waals surface area contributed by atoms with Gasteiger partial charge in [0.15, 0.2) is 17.3 Å². The maximum Gasteiger partial charge on any atom is 0.342 e. The van der Waals surface area contributed by atoms with E-state index in [-0.39, 0.29) is 18.4 Å². The van der Waals surface area contributed by atoms with Crippen LogP contribution in [-0.4, -0.2) is 93.1 Å². The van der Waals surface area contributed by atoms with Crippen molar-refractivity contribution in [1.82, 2.24) is 0 Å². The quantitative estimate of drug-likeness (QED) is 0.121. The number of unbranched alkanes of at least 4 members (excludes halogenated alkanes) is 2. The minimum absolute atomic E-state index is 0.125. The summed E-state index contributed by atoms with van der Waals surface area (Å²) >= 11 is 0. The van der Waals surface area contributed by atoms with Crippen molar-refractivity contribution in [2.75, 3.05) is 6.61 Å². The Balaban J connectivity index is 1.96. The molecule has 4 aliphatic rings. The Hall–Kier alpha value is -2.80. The Bertz CT molecular complexity index is 1170. The number of carbonyl (C=O) groups is 4. The van der Waals surface area contributed by atoms with E-state index in [1.807, 2.05) is 6.92 Å². The molecule has 234 valence electrons. The molecule has 2 aliphatic heterocycles. The fraction of sp³-hybridized carbons (Fsp3) is 0.733. The number of hydrogen-bond donors (Lipinski definition) is 3. The fourth-order valence-corrected chi connectivity index (χ4v) is 7.03. The second kappa shape index (κ2) is 11.4. The molecule has 2 saturated heterocycles. The van der Waals surface area contributed by atoms with E-state index in [9.17, 15) is 34.5 Å². The van der Waals surface area contributed by atoms with Crippen LogP contribution < -0.4 is 0 Å². The summed E-state index contributed by atoms with van der Waals surface area (Å²) in [4.78, 5) is 51.1. The van der Waals surface area contributed by atoms with Gasteiger partial charge in [0, 0.05) is 38.0 Å². The van der Waals surface area contributed by atoms with Gasteiger partial charge in [0.05, 0.1) is 12.2 Å². The number of carbonyl (C=O) groups excluding carboxylic acids is 4. The molecule has 2 fully saturated rings. The molecule has 0 aromatic rings. The first kappa shape index (κ1) is 32.1. The lowest BCUT2D eigenvalue weighted by molar-refractivity contribution is -0.215. The molecule has 42 heavy (non-hydrogen) atoms. The van der Waals surface area contributed by atoms with Gasteiger partial charge in [-0.15, -0.1) is 0 Å². The topological polar surface area (TPSA) is 178 Å². The maximum absolute atomic E-state index is 13.1. The molecule has 12 heteroatoms. The fourth-order valence-electron chi connectivity index (χ4n) is 7.03. The minimum atomic E-state index is -2.01. The van der Waals surface area contributed by atoms with Crippen molar-refractivity contribution in [2.24, 2.45) is 11.3 Å². The zero-order chi connectivity index (χ0) is 31.3. The SMILES string of the molecule is CCCCCC(=O)O[C@@H]1C[C@H](OC(C)=O)[C@@]2(C)C=C[C@@H](O)[C@@](C)(O)[C@@H]2[C@@H](OC(C)=O)[C@]23OC2(C)C(=O)O[C@H]3/C=C\1CO. The Morgan fingerprint density at radius 2 is 1.74 bits per heavy atom. The van der Waals surface area contributed by atoms with Crippen LogP contribution in [0, 0.1) is 11.3 Å². The molecule has 4 rings (SSSR count). The van der Waals surface area contributed by atoms with Gasteiger partial charge < -0.3 is 39.0 Å². The van der Waals surface area contributed by atoms with Crippen LogP contribution in [0.15, 0.2) is 23.8 Å². The highest BCUT2D eigenvalue weighted by atomic mass is 16.7. The van der Waals surface area contributed by atoms with Crippen LogP contribution in [0.25, 0.3) is 0 Å².